The number of benzene rings is 2. The quantitative estimate of drug-likeness (QED) is 0.372. The highest BCUT2D eigenvalue weighted by molar-refractivity contribution is 5.79. The number of aliphatic hydroxyl groups is 3. The largest absolute Gasteiger partial charge is 0.436 e. The van der Waals surface area contributed by atoms with E-state index in [1.165, 1.54) is 47.2 Å². The van der Waals surface area contributed by atoms with Crippen molar-refractivity contribution < 1.29 is 32.9 Å². The fraction of sp³-hybridized carbons (Fsp3) is 0.214. The number of nitrogens with zero attached hydrogens (tertiary/aromatic N) is 2. The lowest BCUT2D eigenvalue weighted by molar-refractivity contribution is -0.0437. The van der Waals surface area contributed by atoms with E-state index in [-0.39, 0.29) is 34.9 Å². The zero-order valence-electron chi connectivity index (χ0n) is 20.3. The summed E-state index contributed by atoms with van der Waals surface area (Å²) in [6, 6.07) is 8.27. The lowest BCUT2D eigenvalue weighted by Crippen LogP contribution is -2.39. The van der Waals surface area contributed by atoms with E-state index in [2.05, 4.69) is 4.98 Å². The molecule has 196 valence electrons. The van der Waals surface area contributed by atoms with E-state index in [4.69, 9.17) is 4.42 Å². The van der Waals surface area contributed by atoms with Crippen LogP contribution in [0.5, 0.6) is 0 Å². The molecule has 3 atom stereocenters. The van der Waals surface area contributed by atoms with E-state index < -0.39 is 41.3 Å². The Balaban J connectivity index is 1.72. The summed E-state index contributed by atoms with van der Waals surface area (Å²) in [4.78, 5) is 17.3. The van der Waals surface area contributed by atoms with Crippen molar-refractivity contribution in [3.8, 4) is 28.3 Å². The first kappa shape index (κ1) is 25.7. The minimum absolute atomic E-state index is 0.0596. The third-order valence-electron chi connectivity index (χ3n) is 6.50. The van der Waals surface area contributed by atoms with E-state index in [0.29, 0.717) is 28.4 Å². The van der Waals surface area contributed by atoms with E-state index in [0.717, 1.165) is 6.07 Å². The zero-order valence-corrected chi connectivity index (χ0v) is 20.3. The molecule has 1 aliphatic carbocycles. The highest BCUT2D eigenvalue weighted by atomic mass is 19.1. The van der Waals surface area contributed by atoms with Gasteiger partial charge in [0.05, 0.1) is 17.4 Å². The van der Waals surface area contributed by atoms with Crippen molar-refractivity contribution >= 4 is 5.57 Å². The SMILES string of the molecule is Cc1cc(F)cc(C)c1-n1cc(-c2nc(C3=C[C@@H](O)[C@@H](O)[C@H](O)C3)oc2-c2ccc(F)cc2F)ccc1=O. The van der Waals surface area contributed by atoms with Gasteiger partial charge in [-0.1, -0.05) is 0 Å². The maximum atomic E-state index is 14.9. The summed E-state index contributed by atoms with van der Waals surface area (Å²) in [6.45, 7) is 3.33. The third-order valence-corrected chi connectivity index (χ3v) is 6.50. The topological polar surface area (TPSA) is 109 Å². The second-order valence-corrected chi connectivity index (χ2v) is 9.28. The molecule has 0 saturated heterocycles. The van der Waals surface area contributed by atoms with Crippen molar-refractivity contribution in [2.75, 3.05) is 0 Å². The average Bonchev–Trinajstić information content (AvgIpc) is 3.28. The van der Waals surface area contributed by atoms with Gasteiger partial charge in [0, 0.05) is 35.9 Å². The van der Waals surface area contributed by atoms with Crippen LogP contribution in [-0.2, 0) is 0 Å². The van der Waals surface area contributed by atoms with Crippen LogP contribution in [0.15, 0.2) is 63.9 Å². The average molecular weight is 524 g/mol. The van der Waals surface area contributed by atoms with E-state index >= 15 is 0 Å². The summed E-state index contributed by atoms with van der Waals surface area (Å²) in [6.07, 6.45) is -1.43. The molecular formula is C28H23F3N2O5. The standard InChI is InChI=1S/C28H23F3N2O5/c1-13-7-18(30)8-14(2)25(13)33-12-15(3-6-23(33)36)24-27(19-5-4-17(29)11-20(19)31)38-28(32-24)16-9-21(34)26(37)22(35)10-16/h3-9,11-12,21-22,26,34-35,37H,10H2,1-2H3/t21-,22-,26-/m1/s1. The molecule has 0 amide bonds. The Hall–Kier alpha value is -3.99. The highest BCUT2D eigenvalue weighted by Gasteiger charge is 2.32. The van der Waals surface area contributed by atoms with E-state index in [9.17, 15) is 33.3 Å². The van der Waals surface area contributed by atoms with Gasteiger partial charge in [0.1, 0.15) is 35.4 Å². The normalized spacial score (nSPS) is 19.5. The number of aryl methyl sites for hydroxylation is 2. The minimum atomic E-state index is -1.40. The summed E-state index contributed by atoms with van der Waals surface area (Å²) in [5.74, 6) is -2.29. The van der Waals surface area contributed by atoms with E-state index in [1.54, 1.807) is 13.8 Å². The molecule has 38 heavy (non-hydrogen) atoms. The smallest absolute Gasteiger partial charge is 0.255 e. The molecule has 5 rings (SSSR count). The molecule has 7 nitrogen and oxygen atoms in total. The van der Waals surface area contributed by atoms with Gasteiger partial charge in [-0.05, 0) is 61.4 Å². The minimum Gasteiger partial charge on any atom is -0.436 e. The van der Waals surface area contributed by atoms with Crippen LogP contribution in [0, 0.1) is 31.3 Å². The van der Waals surface area contributed by atoms with Crippen LogP contribution in [0.3, 0.4) is 0 Å². The number of oxazole rings is 1. The first-order valence-electron chi connectivity index (χ1n) is 11.7. The van der Waals surface area contributed by atoms with Crippen molar-refractivity contribution in [1.82, 2.24) is 9.55 Å². The fourth-order valence-electron chi connectivity index (χ4n) is 4.70. The molecule has 3 N–H and O–H groups in total. The molecule has 1 aliphatic rings. The van der Waals surface area contributed by atoms with Gasteiger partial charge in [-0.2, -0.15) is 0 Å². The summed E-state index contributed by atoms with van der Waals surface area (Å²) < 4.78 is 49.7. The van der Waals surface area contributed by atoms with Crippen LogP contribution in [0.25, 0.3) is 33.8 Å². The zero-order chi connectivity index (χ0) is 27.3. The van der Waals surface area contributed by atoms with Gasteiger partial charge < -0.3 is 19.7 Å². The van der Waals surface area contributed by atoms with Crippen molar-refractivity contribution in [1.29, 1.82) is 0 Å². The maximum absolute atomic E-state index is 14.9. The molecule has 0 bridgehead atoms. The third kappa shape index (κ3) is 4.58. The molecule has 0 spiro atoms. The number of hydrogen-bond acceptors (Lipinski definition) is 6. The Kier molecular flexibility index (Phi) is 6.56. The van der Waals surface area contributed by atoms with Crippen LogP contribution in [-0.4, -0.2) is 43.2 Å². The number of halogens is 3. The van der Waals surface area contributed by atoms with Gasteiger partial charge in [0.2, 0.25) is 5.89 Å². The second-order valence-electron chi connectivity index (χ2n) is 9.28. The van der Waals surface area contributed by atoms with Crippen LogP contribution in [0.2, 0.25) is 0 Å². The number of aliphatic hydroxyl groups excluding tert-OH is 3. The number of aromatic nitrogens is 2. The van der Waals surface area contributed by atoms with E-state index in [1.807, 2.05) is 0 Å². The van der Waals surface area contributed by atoms with Crippen LogP contribution < -0.4 is 5.56 Å². The molecule has 0 aliphatic heterocycles. The van der Waals surface area contributed by atoms with Gasteiger partial charge in [0.15, 0.2) is 5.76 Å². The molecule has 2 aromatic carbocycles. The maximum Gasteiger partial charge on any atom is 0.255 e. The van der Waals surface area contributed by atoms with Crippen LogP contribution in [0.4, 0.5) is 13.2 Å². The Bertz CT molecular complexity index is 1620. The molecule has 2 aromatic heterocycles. The highest BCUT2D eigenvalue weighted by Crippen LogP contribution is 2.38. The van der Waals surface area contributed by atoms with Crippen molar-refractivity contribution in [2.45, 2.75) is 38.6 Å². The summed E-state index contributed by atoms with van der Waals surface area (Å²) >= 11 is 0. The Morgan fingerprint density at radius 3 is 2.34 bits per heavy atom. The van der Waals surface area contributed by atoms with Crippen molar-refractivity contribution in [3.63, 3.8) is 0 Å². The Morgan fingerprint density at radius 1 is 0.974 bits per heavy atom. The number of hydrogen-bond donors (Lipinski definition) is 3. The molecule has 0 saturated carbocycles. The molecule has 0 fully saturated rings. The number of rotatable bonds is 4. The fourth-order valence-corrected chi connectivity index (χ4v) is 4.70. The van der Waals surface area contributed by atoms with Crippen molar-refractivity contribution in [2.24, 2.45) is 0 Å². The van der Waals surface area contributed by atoms with Gasteiger partial charge in [0.25, 0.3) is 5.56 Å². The first-order valence-corrected chi connectivity index (χ1v) is 11.7. The van der Waals surface area contributed by atoms with Crippen LogP contribution >= 0.6 is 0 Å². The summed E-state index contributed by atoms with van der Waals surface area (Å²) in [7, 11) is 0. The predicted octanol–water partition coefficient (Wildman–Crippen LogP) is 4.06. The second kappa shape index (κ2) is 9.71. The Labute approximate surface area is 214 Å². The van der Waals surface area contributed by atoms with Gasteiger partial charge >= 0.3 is 0 Å². The van der Waals surface area contributed by atoms with Gasteiger partial charge in [-0.25, -0.2) is 18.2 Å². The summed E-state index contributed by atoms with van der Waals surface area (Å²) in [5, 5.41) is 30.1. The predicted molar refractivity (Wildman–Crippen MR) is 133 cm³/mol. The van der Waals surface area contributed by atoms with Crippen LogP contribution in [0.1, 0.15) is 23.4 Å². The molecule has 0 radical (unpaired) electrons. The lowest BCUT2D eigenvalue weighted by Gasteiger charge is -2.26. The number of pyridine rings is 1. The molecule has 0 unspecified atom stereocenters. The first-order chi connectivity index (χ1) is 18.0. The van der Waals surface area contributed by atoms with Crippen molar-refractivity contribution in [3.05, 3.63) is 99.6 Å². The molecule has 2 heterocycles. The van der Waals surface area contributed by atoms with Gasteiger partial charge in [-0.3, -0.25) is 9.36 Å². The monoisotopic (exact) mass is 524 g/mol. The molecule has 4 aromatic rings. The lowest BCUT2D eigenvalue weighted by atomic mass is 9.92. The van der Waals surface area contributed by atoms with Gasteiger partial charge in [-0.15, -0.1) is 0 Å². The molecular weight excluding hydrogens is 501 g/mol. The summed E-state index contributed by atoms with van der Waals surface area (Å²) in [5.41, 5.74) is 1.69. The molecule has 10 heteroatoms. The Morgan fingerprint density at radius 2 is 1.68 bits per heavy atom.